The molecule has 0 spiro atoms. The highest BCUT2D eigenvalue weighted by Gasteiger charge is 2.17. The highest BCUT2D eigenvalue weighted by molar-refractivity contribution is 5.45. The Bertz CT molecular complexity index is 534. The summed E-state index contributed by atoms with van der Waals surface area (Å²) in [6.45, 7) is 4.43. The average molecular weight is 212 g/mol. The molecule has 1 nitrogen and oxygen atoms in total. The first-order chi connectivity index (χ1) is 7.75. The zero-order valence-electron chi connectivity index (χ0n) is 9.84. The molecule has 0 aliphatic heterocycles. The van der Waals surface area contributed by atoms with E-state index in [1.54, 1.807) is 0 Å². The molecule has 1 aliphatic rings. The first kappa shape index (κ1) is 9.71. The topological polar surface area (TPSA) is 13.1 Å². The van der Waals surface area contributed by atoms with Crippen molar-refractivity contribution in [3.8, 4) is 0 Å². The van der Waals surface area contributed by atoms with Gasteiger partial charge in [-0.05, 0) is 54.2 Å². The van der Waals surface area contributed by atoms with E-state index in [0.29, 0.717) is 0 Å². The van der Waals surface area contributed by atoms with Gasteiger partial charge in [0.05, 0.1) is 6.26 Å². The fraction of sp³-hybridized carbons (Fsp3) is 0.333. The summed E-state index contributed by atoms with van der Waals surface area (Å²) in [7, 11) is 0. The fourth-order valence-electron chi connectivity index (χ4n) is 2.59. The molecule has 2 aromatic rings. The summed E-state index contributed by atoms with van der Waals surface area (Å²) in [5, 5.41) is 0. The predicted octanol–water partition coefficient (Wildman–Crippen LogP) is 3.59. The lowest BCUT2D eigenvalue weighted by Gasteiger charge is -2.11. The lowest BCUT2D eigenvalue weighted by molar-refractivity contribution is 0.507. The van der Waals surface area contributed by atoms with Crippen LogP contribution in [0.3, 0.4) is 0 Å². The van der Waals surface area contributed by atoms with Gasteiger partial charge >= 0.3 is 0 Å². The van der Waals surface area contributed by atoms with Gasteiger partial charge in [-0.2, -0.15) is 0 Å². The van der Waals surface area contributed by atoms with Gasteiger partial charge in [0.15, 0.2) is 0 Å². The molecule has 0 radical (unpaired) electrons. The quantitative estimate of drug-likeness (QED) is 0.650. The van der Waals surface area contributed by atoms with Crippen LogP contribution >= 0.6 is 0 Å². The third-order valence-corrected chi connectivity index (χ3v) is 3.79. The van der Waals surface area contributed by atoms with Gasteiger partial charge in [-0.25, -0.2) is 0 Å². The van der Waals surface area contributed by atoms with Crippen LogP contribution in [0, 0.1) is 13.8 Å². The molecule has 1 aromatic heterocycles. The number of rotatable bonds is 0. The van der Waals surface area contributed by atoms with Gasteiger partial charge in [0.25, 0.3) is 0 Å². The summed E-state index contributed by atoms with van der Waals surface area (Å²) < 4.78 is 5.54. The number of benzene rings is 1. The minimum atomic E-state index is 1.04. The van der Waals surface area contributed by atoms with Crippen LogP contribution in [0.2, 0.25) is 0 Å². The summed E-state index contributed by atoms with van der Waals surface area (Å²) >= 11 is 0. The van der Waals surface area contributed by atoms with E-state index in [1.165, 1.54) is 33.6 Å². The van der Waals surface area contributed by atoms with Gasteiger partial charge < -0.3 is 4.42 Å². The number of hydrogen-bond donors (Lipinski definition) is 0. The monoisotopic (exact) mass is 212 g/mol. The van der Waals surface area contributed by atoms with Crippen LogP contribution in [0.4, 0.5) is 0 Å². The normalized spacial score (nSPS) is 14.1. The minimum Gasteiger partial charge on any atom is -0.469 e. The molecular formula is C15H16O. The zero-order chi connectivity index (χ0) is 11.1. The Hall–Kier alpha value is -1.50. The molecule has 1 heterocycles. The molecule has 0 N–H and O–H groups in total. The first-order valence-corrected chi connectivity index (χ1v) is 5.89. The molecule has 1 heteroatoms. The number of furan rings is 1. The summed E-state index contributed by atoms with van der Waals surface area (Å²) in [6, 6.07) is 6.64. The van der Waals surface area contributed by atoms with Crippen LogP contribution in [-0.2, 0) is 19.3 Å². The van der Waals surface area contributed by atoms with E-state index in [-0.39, 0.29) is 0 Å². The molecule has 0 saturated carbocycles. The van der Waals surface area contributed by atoms with Crippen LogP contribution in [0.15, 0.2) is 28.9 Å². The Labute approximate surface area is 96.1 Å². The second-order valence-corrected chi connectivity index (χ2v) is 4.69. The van der Waals surface area contributed by atoms with Gasteiger partial charge in [0.2, 0.25) is 0 Å². The summed E-state index contributed by atoms with van der Waals surface area (Å²) in [4.78, 5) is 0. The van der Waals surface area contributed by atoms with E-state index in [9.17, 15) is 0 Å². The van der Waals surface area contributed by atoms with Crippen LogP contribution in [-0.4, -0.2) is 0 Å². The molecule has 0 unspecified atom stereocenters. The molecule has 1 aromatic carbocycles. The maximum absolute atomic E-state index is 5.54. The van der Waals surface area contributed by atoms with Crippen LogP contribution in [0.1, 0.15) is 33.6 Å². The third-order valence-electron chi connectivity index (χ3n) is 3.79. The Balaban J connectivity index is 2.16. The van der Waals surface area contributed by atoms with E-state index in [2.05, 4.69) is 32.0 Å². The highest BCUT2D eigenvalue weighted by Crippen LogP contribution is 2.28. The van der Waals surface area contributed by atoms with Gasteiger partial charge in [0, 0.05) is 12.8 Å². The van der Waals surface area contributed by atoms with E-state index in [4.69, 9.17) is 4.42 Å². The summed E-state index contributed by atoms with van der Waals surface area (Å²) in [5.74, 6) is 1.17. The highest BCUT2D eigenvalue weighted by atomic mass is 16.3. The molecule has 0 atom stereocenters. The standard InChI is InChI=1S/C15H16O/c1-10-3-4-12-5-6-15-13(7-8-16-15)9-14(12)11(10)2/h3-4,7-8H,5-6,9H2,1-2H3. The SMILES string of the molecule is Cc1ccc2c(c1C)Cc1ccoc1CC2. The van der Waals surface area contributed by atoms with Crippen molar-refractivity contribution in [3.63, 3.8) is 0 Å². The number of fused-ring (bicyclic) bond motifs is 2. The molecule has 0 amide bonds. The maximum Gasteiger partial charge on any atom is 0.107 e. The third kappa shape index (κ3) is 1.39. The summed E-state index contributed by atoms with van der Waals surface area (Å²) in [6.07, 6.45) is 5.00. The second kappa shape index (κ2) is 3.51. The van der Waals surface area contributed by atoms with Gasteiger partial charge in [-0.1, -0.05) is 12.1 Å². The van der Waals surface area contributed by atoms with Crippen LogP contribution in [0.5, 0.6) is 0 Å². The molecule has 0 bridgehead atoms. The Kier molecular flexibility index (Phi) is 2.13. The Morgan fingerprint density at radius 1 is 1.00 bits per heavy atom. The molecular weight excluding hydrogens is 196 g/mol. The van der Waals surface area contributed by atoms with E-state index < -0.39 is 0 Å². The van der Waals surface area contributed by atoms with Crippen LogP contribution in [0.25, 0.3) is 0 Å². The number of hydrogen-bond acceptors (Lipinski definition) is 1. The number of aryl methyl sites for hydroxylation is 3. The molecule has 16 heavy (non-hydrogen) atoms. The largest absolute Gasteiger partial charge is 0.469 e. The molecule has 0 saturated heterocycles. The van der Waals surface area contributed by atoms with Gasteiger partial charge in [-0.15, -0.1) is 0 Å². The average Bonchev–Trinajstić information content (AvgIpc) is 2.64. The van der Waals surface area contributed by atoms with Crippen molar-refractivity contribution in [2.45, 2.75) is 33.1 Å². The molecule has 3 rings (SSSR count). The zero-order valence-corrected chi connectivity index (χ0v) is 9.84. The van der Waals surface area contributed by atoms with Crippen molar-refractivity contribution < 1.29 is 4.42 Å². The van der Waals surface area contributed by atoms with E-state index >= 15 is 0 Å². The Morgan fingerprint density at radius 3 is 2.75 bits per heavy atom. The maximum atomic E-state index is 5.54. The van der Waals surface area contributed by atoms with E-state index in [0.717, 1.165) is 19.3 Å². The van der Waals surface area contributed by atoms with Crippen molar-refractivity contribution in [1.29, 1.82) is 0 Å². The first-order valence-electron chi connectivity index (χ1n) is 5.89. The van der Waals surface area contributed by atoms with Gasteiger partial charge in [-0.3, -0.25) is 0 Å². The summed E-state index contributed by atoms with van der Waals surface area (Å²) in [5.41, 5.74) is 7.22. The molecule has 1 aliphatic carbocycles. The van der Waals surface area contributed by atoms with Crippen molar-refractivity contribution in [2.24, 2.45) is 0 Å². The van der Waals surface area contributed by atoms with Gasteiger partial charge in [0.1, 0.15) is 5.76 Å². The lowest BCUT2D eigenvalue weighted by Crippen LogP contribution is -1.98. The van der Waals surface area contributed by atoms with E-state index in [1.807, 2.05) is 6.26 Å². The van der Waals surface area contributed by atoms with Crippen molar-refractivity contribution in [1.82, 2.24) is 0 Å². The van der Waals surface area contributed by atoms with Crippen LogP contribution < -0.4 is 0 Å². The lowest BCUT2D eigenvalue weighted by atomic mass is 9.93. The fourth-order valence-corrected chi connectivity index (χ4v) is 2.59. The smallest absolute Gasteiger partial charge is 0.107 e. The molecule has 82 valence electrons. The Morgan fingerprint density at radius 2 is 1.88 bits per heavy atom. The van der Waals surface area contributed by atoms with Crippen molar-refractivity contribution >= 4 is 0 Å². The molecule has 0 fully saturated rings. The van der Waals surface area contributed by atoms with Crippen molar-refractivity contribution in [3.05, 3.63) is 58.0 Å². The minimum absolute atomic E-state index is 1.04. The van der Waals surface area contributed by atoms with Crippen molar-refractivity contribution in [2.75, 3.05) is 0 Å². The predicted molar refractivity (Wildman–Crippen MR) is 64.8 cm³/mol. The second-order valence-electron chi connectivity index (χ2n) is 4.69.